The number of Topliss-reactive ketones (excluding diaryl/α,β-unsaturated/α-hetero) is 1. The molecular formula is C13H17NO4. The molecule has 0 amide bonds. The molecule has 0 N–H and O–H groups in total. The van der Waals surface area contributed by atoms with Crippen LogP contribution in [-0.4, -0.2) is 16.7 Å². The number of nitro groups is 1. The van der Waals surface area contributed by atoms with E-state index >= 15 is 0 Å². The van der Waals surface area contributed by atoms with Crippen LogP contribution in [0.4, 0.5) is 0 Å². The summed E-state index contributed by atoms with van der Waals surface area (Å²) in [5.74, 6) is -0.454. The summed E-state index contributed by atoms with van der Waals surface area (Å²) in [6.45, 7) is 1.57. The first-order valence-electron chi connectivity index (χ1n) is 6.29. The molecule has 0 radical (unpaired) electrons. The number of ketones is 1. The Kier molecular flexibility index (Phi) is 3.79. The van der Waals surface area contributed by atoms with Crippen molar-refractivity contribution in [2.45, 2.75) is 44.6 Å². The highest BCUT2D eigenvalue weighted by atomic mass is 16.6. The molecule has 0 spiro atoms. The van der Waals surface area contributed by atoms with E-state index in [4.69, 9.17) is 4.42 Å². The summed E-state index contributed by atoms with van der Waals surface area (Å²) in [6, 6.07) is 0.960. The first-order valence-corrected chi connectivity index (χ1v) is 6.29. The van der Waals surface area contributed by atoms with Gasteiger partial charge in [-0.05, 0) is 18.9 Å². The maximum absolute atomic E-state index is 12.0. The molecule has 0 saturated heterocycles. The van der Waals surface area contributed by atoms with Crippen molar-refractivity contribution in [3.8, 4) is 0 Å². The van der Waals surface area contributed by atoms with Gasteiger partial charge in [0, 0.05) is 29.7 Å². The predicted octanol–water partition coefficient (Wildman–Crippen LogP) is 2.79. The van der Waals surface area contributed by atoms with Crippen molar-refractivity contribution >= 4 is 5.78 Å². The lowest BCUT2D eigenvalue weighted by molar-refractivity contribution is -0.523. The maximum atomic E-state index is 12.0. The molecule has 1 aromatic heterocycles. The van der Waals surface area contributed by atoms with Gasteiger partial charge in [0.25, 0.3) is 0 Å². The van der Waals surface area contributed by atoms with Crippen LogP contribution in [0.2, 0.25) is 0 Å². The number of carbonyl (C=O) groups is 1. The number of hydrogen-bond acceptors (Lipinski definition) is 4. The summed E-state index contributed by atoms with van der Waals surface area (Å²) < 4.78 is 5.02. The monoisotopic (exact) mass is 251 g/mol. The molecule has 0 aliphatic heterocycles. The quantitative estimate of drug-likeness (QED) is 0.609. The van der Waals surface area contributed by atoms with E-state index in [-0.39, 0.29) is 22.5 Å². The van der Waals surface area contributed by atoms with E-state index in [2.05, 4.69) is 0 Å². The standard InChI is InChI=1S/C13H17NO4/c1-9(14(16)17)13(10-6-7-18-8-10)11-4-2-3-5-12(11)15/h6-9,11,13H,2-5H2,1H3/t9?,11-,13-/m0/s1. The summed E-state index contributed by atoms with van der Waals surface area (Å²) in [5.41, 5.74) is 0.763. The molecule has 1 saturated carbocycles. The number of carbonyl (C=O) groups excluding carboxylic acids is 1. The van der Waals surface area contributed by atoms with Crippen molar-refractivity contribution in [1.29, 1.82) is 0 Å². The minimum Gasteiger partial charge on any atom is -0.472 e. The molecule has 0 bridgehead atoms. The molecule has 3 atom stereocenters. The van der Waals surface area contributed by atoms with E-state index < -0.39 is 6.04 Å². The minimum atomic E-state index is -0.769. The molecule has 2 rings (SSSR count). The van der Waals surface area contributed by atoms with Crippen LogP contribution in [0.25, 0.3) is 0 Å². The van der Waals surface area contributed by atoms with Gasteiger partial charge in [-0.2, -0.15) is 0 Å². The van der Waals surface area contributed by atoms with Gasteiger partial charge >= 0.3 is 0 Å². The summed E-state index contributed by atoms with van der Waals surface area (Å²) in [4.78, 5) is 22.7. The highest BCUT2D eigenvalue weighted by Gasteiger charge is 2.40. The average molecular weight is 251 g/mol. The van der Waals surface area contributed by atoms with Gasteiger partial charge in [0.2, 0.25) is 6.04 Å². The van der Waals surface area contributed by atoms with E-state index in [0.29, 0.717) is 6.42 Å². The van der Waals surface area contributed by atoms with E-state index in [1.807, 2.05) is 0 Å². The smallest absolute Gasteiger partial charge is 0.217 e. The molecule has 98 valence electrons. The van der Waals surface area contributed by atoms with Gasteiger partial charge in [0.05, 0.1) is 18.4 Å². The van der Waals surface area contributed by atoms with Crippen molar-refractivity contribution in [2.75, 3.05) is 0 Å². The third kappa shape index (κ3) is 2.44. The van der Waals surface area contributed by atoms with Gasteiger partial charge in [-0.3, -0.25) is 14.9 Å². The van der Waals surface area contributed by atoms with Gasteiger partial charge in [-0.15, -0.1) is 0 Å². The Labute approximate surface area is 105 Å². The largest absolute Gasteiger partial charge is 0.472 e. The molecule has 1 aliphatic carbocycles. The molecule has 1 aliphatic rings. The second-order valence-corrected chi connectivity index (χ2v) is 4.93. The number of furan rings is 1. The van der Waals surface area contributed by atoms with Crippen LogP contribution in [-0.2, 0) is 4.79 Å². The normalized spacial score (nSPS) is 23.6. The van der Waals surface area contributed by atoms with Crippen LogP contribution in [0.5, 0.6) is 0 Å². The molecule has 1 fully saturated rings. The second-order valence-electron chi connectivity index (χ2n) is 4.93. The van der Waals surface area contributed by atoms with Gasteiger partial charge < -0.3 is 4.42 Å². The van der Waals surface area contributed by atoms with E-state index in [9.17, 15) is 14.9 Å². The summed E-state index contributed by atoms with van der Waals surface area (Å²) in [5, 5.41) is 11.0. The van der Waals surface area contributed by atoms with Crippen molar-refractivity contribution in [2.24, 2.45) is 5.92 Å². The third-order valence-electron chi connectivity index (χ3n) is 3.82. The first kappa shape index (κ1) is 12.8. The lowest BCUT2D eigenvalue weighted by Gasteiger charge is -2.28. The molecule has 0 aromatic carbocycles. The lowest BCUT2D eigenvalue weighted by Crippen LogP contribution is -2.35. The van der Waals surface area contributed by atoms with Crippen molar-refractivity contribution in [3.05, 3.63) is 34.3 Å². The van der Waals surface area contributed by atoms with Gasteiger partial charge in [-0.25, -0.2) is 0 Å². The molecule has 1 aromatic rings. The molecule has 1 heterocycles. The Bertz CT molecular complexity index is 426. The van der Waals surface area contributed by atoms with Gasteiger partial charge in [-0.1, -0.05) is 6.42 Å². The van der Waals surface area contributed by atoms with Crippen LogP contribution in [0.15, 0.2) is 23.0 Å². The fourth-order valence-corrected chi connectivity index (χ4v) is 2.83. The number of nitrogens with zero attached hydrogens (tertiary/aromatic N) is 1. The SMILES string of the molecule is CC([C@@H](c1ccoc1)[C@H]1CCCCC1=O)[N+](=O)[O-]. The Morgan fingerprint density at radius 2 is 2.28 bits per heavy atom. The highest BCUT2D eigenvalue weighted by Crippen LogP contribution is 2.37. The van der Waals surface area contributed by atoms with Crippen molar-refractivity contribution < 1.29 is 14.1 Å². The maximum Gasteiger partial charge on any atom is 0.217 e. The van der Waals surface area contributed by atoms with E-state index in [0.717, 1.165) is 24.8 Å². The van der Waals surface area contributed by atoms with Gasteiger partial charge in [0.15, 0.2) is 0 Å². The van der Waals surface area contributed by atoms with Crippen LogP contribution < -0.4 is 0 Å². The zero-order chi connectivity index (χ0) is 13.1. The number of hydrogen-bond donors (Lipinski definition) is 0. The summed E-state index contributed by atoms with van der Waals surface area (Å²) >= 11 is 0. The molecule has 5 nitrogen and oxygen atoms in total. The fourth-order valence-electron chi connectivity index (χ4n) is 2.83. The zero-order valence-electron chi connectivity index (χ0n) is 10.4. The summed E-state index contributed by atoms with van der Waals surface area (Å²) in [6.07, 6.45) is 6.18. The summed E-state index contributed by atoms with van der Waals surface area (Å²) in [7, 11) is 0. The van der Waals surface area contributed by atoms with Crippen LogP contribution in [0, 0.1) is 16.0 Å². The Morgan fingerprint density at radius 3 is 2.83 bits per heavy atom. The minimum absolute atomic E-state index is 0.154. The van der Waals surface area contributed by atoms with Crippen LogP contribution in [0.3, 0.4) is 0 Å². The molecular weight excluding hydrogens is 234 g/mol. The molecule has 1 unspecified atom stereocenters. The number of rotatable bonds is 4. The van der Waals surface area contributed by atoms with Crippen molar-refractivity contribution in [1.82, 2.24) is 0 Å². The Morgan fingerprint density at radius 1 is 1.50 bits per heavy atom. The highest BCUT2D eigenvalue weighted by molar-refractivity contribution is 5.82. The van der Waals surface area contributed by atoms with E-state index in [1.54, 1.807) is 13.0 Å². The lowest BCUT2D eigenvalue weighted by atomic mass is 9.74. The topological polar surface area (TPSA) is 73.3 Å². The second kappa shape index (κ2) is 5.33. The first-order chi connectivity index (χ1) is 8.61. The zero-order valence-corrected chi connectivity index (χ0v) is 10.4. The van der Waals surface area contributed by atoms with Crippen LogP contribution >= 0.6 is 0 Å². The fraction of sp³-hybridized carbons (Fsp3) is 0.615. The average Bonchev–Trinajstić information content (AvgIpc) is 2.85. The van der Waals surface area contributed by atoms with Crippen LogP contribution in [0.1, 0.15) is 44.1 Å². The Hall–Kier alpha value is -1.65. The van der Waals surface area contributed by atoms with E-state index in [1.165, 1.54) is 12.5 Å². The van der Waals surface area contributed by atoms with Crippen molar-refractivity contribution in [3.63, 3.8) is 0 Å². The third-order valence-corrected chi connectivity index (χ3v) is 3.82. The molecule has 18 heavy (non-hydrogen) atoms. The predicted molar refractivity (Wildman–Crippen MR) is 64.9 cm³/mol. The molecule has 5 heteroatoms. The van der Waals surface area contributed by atoms with Gasteiger partial charge in [0.1, 0.15) is 5.78 Å². The Balaban J connectivity index is 2.29.